The Morgan fingerprint density at radius 3 is 2.74 bits per heavy atom. The topological polar surface area (TPSA) is 74.2 Å². The van der Waals surface area contributed by atoms with Gasteiger partial charge in [0.25, 0.3) is 0 Å². The van der Waals surface area contributed by atoms with Crippen molar-refractivity contribution in [3.8, 4) is 11.5 Å². The van der Waals surface area contributed by atoms with E-state index in [2.05, 4.69) is 20.9 Å². The second-order valence-electron chi connectivity index (χ2n) is 5.58. The minimum absolute atomic E-state index is 0.174. The molecule has 1 heterocycles. The van der Waals surface area contributed by atoms with Gasteiger partial charge in [-0.1, -0.05) is 28.1 Å². The number of hydrogen-bond acceptors (Lipinski definition) is 6. The first-order valence-corrected chi connectivity index (χ1v) is 8.99. The molecule has 1 aliphatic heterocycles. The molecule has 138 valence electrons. The van der Waals surface area contributed by atoms with Gasteiger partial charge < -0.3 is 14.2 Å². The smallest absolute Gasteiger partial charge is 0.363 e. The number of rotatable bonds is 5. The van der Waals surface area contributed by atoms with Crippen LogP contribution >= 0.6 is 15.9 Å². The van der Waals surface area contributed by atoms with Gasteiger partial charge in [0, 0.05) is 17.0 Å². The van der Waals surface area contributed by atoms with E-state index in [9.17, 15) is 9.59 Å². The molecule has 0 amide bonds. The predicted octanol–water partition coefficient (Wildman–Crippen LogP) is 4.12. The van der Waals surface area contributed by atoms with E-state index in [1.165, 1.54) is 6.92 Å². The number of benzene rings is 2. The number of carbonyl (C=O) groups is 2. The Kier molecular flexibility index (Phi) is 5.71. The third-order valence-electron chi connectivity index (χ3n) is 3.52. The molecule has 0 bridgehead atoms. The Hall–Kier alpha value is -2.93. The average Bonchev–Trinajstić information content (AvgIpc) is 2.98. The lowest BCUT2D eigenvalue weighted by atomic mass is 10.1. The van der Waals surface area contributed by atoms with E-state index < -0.39 is 11.9 Å². The molecule has 2 aromatic carbocycles. The largest absolute Gasteiger partial charge is 0.490 e. The normalized spacial score (nSPS) is 14.7. The number of halogens is 1. The Balaban J connectivity index is 1.92. The SMILES string of the molecule is CCOc1cc(/C=C2/N=C(c3cccc(Br)c3)OC2=O)ccc1OC(C)=O. The Morgan fingerprint density at radius 2 is 2.04 bits per heavy atom. The van der Waals surface area contributed by atoms with Crippen LogP contribution in [0.15, 0.2) is 57.6 Å². The third-order valence-corrected chi connectivity index (χ3v) is 4.01. The molecule has 1 aliphatic rings. The molecule has 3 rings (SSSR count). The van der Waals surface area contributed by atoms with E-state index in [4.69, 9.17) is 14.2 Å². The minimum atomic E-state index is -0.535. The quantitative estimate of drug-likeness (QED) is 0.406. The maximum Gasteiger partial charge on any atom is 0.363 e. The molecular weight excluding hydrogens is 414 g/mol. The number of hydrogen-bond donors (Lipinski definition) is 0. The van der Waals surface area contributed by atoms with Gasteiger partial charge in [-0.2, -0.15) is 0 Å². The van der Waals surface area contributed by atoms with Crippen LogP contribution in [0.5, 0.6) is 11.5 Å². The van der Waals surface area contributed by atoms with Gasteiger partial charge in [-0.3, -0.25) is 4.79 Å². The highest BCUT2D eigenvalue weighted by Gasteiger charge is 2.24. The third kappa shape index (κ3) is 4.62. The van der Waals surface area contributed by atoms with Gasteiger partial charge in [-0.25, -0.2) is 9.79 Å². The van der Waals surface area contributed by atoms with Crippen molar-refractivity contribution in [2.24, 2.45) is 4.99 Å². The van der Waals surface area contributed by atoms with E-state index >= 15 is 0 Å². The summed E-state index contributed by atoms with van der Waals surface area (Å²) in [5.74, 6) is -0.00534. The second-order valence-corrected chi connectivity index (χ2v) is 6.49. The van der Waals surface area contributed by atoms with Crippen LogP contribution in [0.3, 0.4) is 0 Å². The first-order chi connectivity index (χ1) is 13.0. The Bertz CT molecular complexity index is 965. The molecule has 0 saturated heterocycles. The van der Waals surface area contributed by atoms with Gasteiger partial charge in [0.15, 0.2) is 17.2 Å². The summed E-state index contributed by atoms with van der Waals surface area (Å²) < 4.78 is 16.8. The summed E-state index contributed by atoms with van der Waals surface area (Å²) in [4.78, 5) is 27.6. The van der Waals surface area contributed by atoms with Crippen molar-refractivity contribution < 1.29 is 23.8 Å². The van der Waals surface area contributed by atoms with Gasteiger partial charge in [0.1, 0.15) is 0 Å². The number of cyclic esters (lactones) is 1. The molecule has 0 fully saturated rings. The van der Waals surface area contributed by atoms with E-state index in [1.54, 1.807) is 30.3 Å². The summed E-state index contributed by atoms with van der Waals surface area (Å²) in [6, 6.07) is 12.3. The molecule has 0 unspecified atom stereocenters. The molecule has 0 N–H and O–H groups in total. The molecule has 7 heteroatoms. The average molecular weight is 430 g/mol. The van der Waals surface area contributed by atoms with Crippen LogP contribution in [0.4, 0.5) is 0 Å². The predicted molar refractivity (Wildman–Crippen MR) is 104 cm³/mol. The Morgan fingerprint density at radius 1 is 1.22 bits per heavy atom. The molecule has 27 heavy (non-hydrogen) atoms. The lowest BCUT2D eigenvalue weighted by Crippen LogP contribution is -2.05. The maximum atomic E-state index is 12.2. The minimum Gasteiger partial charge on any atom is -0.490 e. The van der Waals surface area contributed by atoms with Gasteiger partial charge in [0.2, 0.25) is 5.90 Å². The molecule has 0 spiro atoms. The van der Waals surface area contributed by atoms with Crippen molar-refractivity contribution in [1.29, 1.82) is 0 Å². The van der Waals surface area contributed by atoms with Crippen molar-refractivity contribution >= 4 is 39.8 Å². The van der Waals surface area contributed by atoms with Crippen LogP contribution in [-0.4, -0.2) is 24.4 Å². The molecular formula is C20H16BrNO5. The highest BCUT2D eigenvalue weighted by molar-refractivity contribution is 9.10. The van der Waals surface area contributed by atoms with Gasteiger partial charge in [0.05, 0.1) is 6.61 Å². The van der Waals surface area contributed by atoms with Crippen LogP contribution in [-0.2, 0) is 14.3 Å². The lowest BCUT2D eigenvalue weighted by Gasteiger charge is -2.10. The fraction of sp³-hybridized carbons (Fsp3) is 0.150. The summed E-state index contributed by atoms with van der Waals surface area (Å²) >= 11 is 3.38. The van der Waals surface area contributed by atoms with Crippen molar-refractivity contribution in [3.63, 3.8) is 0 Å². The molecule has 0 atom stereocenters. The van der Waals surface area contributed by atoms with Gasteiger partial charge in [-0.05, 0) is 48.9 Å². The molecule has 0 aromatic heterocycles. The molecule has 6 nitrogen and oxygen atoms in total. The zero-order valence-corrected chi connectivity index (χ0v) is 16.3. The summed E-state index contributed by atoms with van der Waals surface area (Å²) in [5.41, 5.74) is 1.54. The van der Waals surface area contributed by atoms with Crippen molar-refractivity contribution in [2.75, 3.05) is 6.61 Å². The van der Waals surface area contributed by atoms with E-state index in [0.717, 1.165) is 4.47 Å². The number of ether oxygens (including phenoxy) is 3. The zero-order chi connectivity index (χ0) is 19.4. The highest BCUT2D eigenvalue weighted by atomic mass is 79.9. The zero-order valence-electron chi connectivity index (χ0n) is 14.7. The van der Waals surface area contributed by atoms with Crippen LogP contribution in [0.1, 0.15) is 25.0 Å². The van der Waals surface area contributed by atoms with Crippen LogP contribution in [0.25, 0.3) is 6.08 Å². The van der Waals surface area contributed by atoms with Crippen molar-refractivity contribution in [1.82, 2.24) is 0 Å². The van der Waals surface area contributed by atoms with E-state index in [0.29, 0.717) is 29.2 Å². The van der Waals surface area contributed by atoms with Crippen LogP contribution in [0.2, 0.25) is 0 Å². The summed E-state index contributed by atoms with van der Waals surface area (Å²) in [6.45, 7) is 3.55. The Labute approximate surface area is 164 Å². The number of carbonyl (C=O) groups excluding carboxylic acids is 2. The fourth-order valence-corrected chi connectivity index (χ4v) is 2.83. The molecule has 2 aromatic rings. The first-order valence-electron chi connectivity index (χ1n) is 8.20. The second kappa shape index (κ2) is 8.18. The molecule has 0 saturated carbocycles. The van der Waals surface area contributed by atoms with Crippen molar-refractivity contribution in [2.45, 2.75) is 13.8 Å². The summed E-state index contributed by atoms with van der Waals surface area (Å²) in [5, 5.41) is 0. The fourth-order valence-electron chi connectivity index (χ4n) is 2.43. The van der Waals surface area contributed by atoms with Gasteiger partial charge >= 0.3 is 11.9 Å². The number of nitrogens with zero attached hydrogens (tertiary/aromatic N) is 1. The maximum absolute atomic E-state index is 12.2. The number of aliphatic imine (C=N–C) groups is 1. The molecule has 0 radical (unpaired) electrons. The molecule has 0 aliphatic carbocycles. The monoisotopic (exact) mass is 429 g/mol. The number of esters is 2. The summed E-state index contributed by atoms with van der Waals surface area (Å²) in [6.07, 6.45) is 1.59. The van der Waals surface area contributed by atoms with Crippen molar-refractivity contribution in [3.05, 3.63) is 63.8 Å². The summed E-state index contributed by atoms with van der Waals surface area (Å²) in [7, 11) is 0. The van der Waals surface area contributed by atoms with E-state index in [-0.39, 0.29) is 11.6 Å². The van der Waals surface area contributed by atoms with Gasteiger partial charge in [-0.15, -0.1) is 0 Å². The lowest BCUT2D eigenvalue weighted by molar-refractivity contribution is -0.132. The highest BCUT2D eigenvalue weighted by Crippen LogP contribution is 2.30. The van der Waals surface area contributed by atoms with E-state index in [1.807, 2.05) is 25.1 Å². The first kappa shape index (κ1) is 18.8. The van der Waals surface area contributed by atoms with Crippen LogP contribution in [0, 0.1) is 0 Å². The van der Waals surface area contributed by atoms with Crippen LogP contribution < -0.4 is 9.47 Å². The standard InChI is InChI=1S/C20H16BrNO5/c1-3-25-18-10-13(7-8-17(18)26-12(2)23)9-16-20(24)27-19(22-16)14-5-4-6-15(21)11-14/h4-11H,3H2,1-2H3/b16-9+.